The van der Waals surface area contributed by atoms with Crippen LogP contribution in [0.15, 0.2) is 0 Å². The maximum Gasteiger partial charge on any atom is 0.320 e. The Balaban J connectivity index is 0.000000759. The molecule has 1 heterocycles. The first-order chi connectivity index (χ1) is 14.3. The lowest BCUT2D eigenvalue weighted by molar-refractivity contribution is -0.262. The van der Waals surface area contributed by atoms with E-state index in [1.165, 1.54) is 6.92 Å². The predicted octanol–water partition coefficient (Wildman–Crippen LogP) is -4.12. The summed E-state index contributed by atoms with van der Waals surface area (Å²) in [5.74, 6) is -2.63. The standard InChI is InChI=1S/C12H24N2O7.C5H10N2O3/c1-5(3-14-6(2)11(17)18)20-10-8(13)12(19)21-7(4-15)9(10)16;6-3(5(7)10)1-2-4(8)9/h5-10,12,14-16,19H,3-4,13H2,1-2H3,(H,17,18);3H,1-2,6H2,(H2,7,10)(H,8,9)/t5?,6-,7+,8+,9+,10+,12-;3-/m01/s1. The maximum absolute atomic E-state index is 10.7. The van der Waals surface area contributed by atoms with Crippen molar-refractivity contribution in [1.29, 1.82) is 0 Å². The summed E-state index contributed by atoms with van der Waals surface area (Å²) in [4.78, 5) is 30.8. The molecule has 8 atom stereocenters. The molecule has 31 heavy (non-hydrogen) atoms. The van der Waals surface area contributed by atoms with Gasteiger partial charge in [0.2, 0.25) is 5.91 Å². The van der Waals surface area contributed by atoms with Crippen LogP contribution in [-0.2, 0) is 23.9 Å². The van der Waals surface area contributed by atoms with E-state index < -0.39 is 73.3 Å². The zero-order chi connectivity index (χ0) is 24.3. The molecular weight excluding hydrogens is 420 g/mol. The second kappa shape index (κ2) is 14.2. The first kappa shape index (κ1) is 29.1. The predicted molar refractivity (Wildman–Crippen MR) is 105 cm³/mol. The smallest absolute Gasteiger partial charge is 0.320 e. The normalized spacial score (nSPS) is 28.5. The molecule has 1 fully saturated rings. The highest BCUT2D eigenvalue weighted by molar-refractivity contribution is 5.80. The van der Waals surface area contributed by atoms with Gasteiger partial charge in [-0.05, 0) is 20.3 Å². The molecule has 1 aliphatic rings. The number of nitrogens with two attached hydrogens (primary N) is 3. The number of primary amides is 1. The number of nitrogens with one attached hydrogen (secondary N) is 1. The summed E-state index contributed by atoms with van der Waals surface area (Å²) < 4.78 is 10.5. The average molecular weight is 454 g/mol. The van der Waals surface area contributed by atoms with Crippen LogP contribution in [0.5, 0.6) is 0 Å². The van der Waals surface area contributed by atoms with Crippen LogP contribution in [0.3, 0.4) is 0 Å². The Morgan fingerprint density at radius 3 is 2.23 bits per heavy atom. The van der Waals surface area contributed by atoms with E-state index in [4.69, 9.17) is 42.0 Å². The molecule has 1 amide bonds. The Hall–Kier alpha value is -1.91. The van der Waals surface area contributed by atoms with E-state index in [0.717, 1.165) is 0 Å². The van der Waals surface area contributed by atoms with E-state index in [9.17, 15) is 24.6 Å². The van der Waals surface area contributed by atoms with Crippen LogP contribution in [0.25, 0.3) is 0 Å². The minimum Gasteiger partial charge on any atom is -0.481 e. The van der Waals surface area contributed by atoms with Crippen molar-refractivity contribution in [3.63, 3.8) is 0 Å². The molecule has 1 unspecified atom stereocenters. The fourth-order valence-corrected chi connectivity index (χ4v) is 2.44. The summed E-state index contributed by atoms with van der Waals surface area (Å²) in [5, 5.41) is 48.4. The third-order valence-electron chi connectivity index (χ3n) is 4.43. The Bertz CT molecular complexity index is 581. The number of amides is 1. The van der Waals surface area contributed by atoms with E-state index in [1.807, 2.05) is 0 Å². The van der Waals surface area contributed by atoms with E-state index in [-0.39, 0.29) is 19.4 Å². The Morgan fingerprint density at radius 2 is 1.77 bits per heavy atom. The van der Waals surface area contributed by atoms with Gasteiger partial charge in [0.1, 0.15) is 24.4 Å². The molecule has 0 bridgehead atoms. The molecule has 0 aromatic carbocycles. The summed E-state index contributed by atoms with van der Waals surface area (Å²) in [6, 6.07) is -2.54. The highest BCUT2D eigenvalue weighted by atomic mass is 16.6. The molecule has 0 spiro atoms. The largest absolute Gasteiger partial charge is 0.481 e. The van der Waals surface area contributed by atoms with Crippen LogP contribution in [-0.4, -0.2) is 105 Å². The molecular formula is C17H34N4O10. The van der Waals surface area contributed by atoms with E-state index in [0.29, 0.717) is 0 Å². The summed E-state index contributed by atoms with van der Waals surface area (Å²) >= 11 is 0. The monoisotopic (exact) mass is 454 g/mol. The molecule has 0 aliphatic carbocycles. The molecule has 182 valence electrons. The van der Waals surface area contributed by atoms with Gasteiger partial charge in [0.05, 0.1) is 24.8 Å². The van der Waals surface area contributed by atoms with Crippen molar-refractivity contribution in [3.8, 4) is 0 Å². The van der Waals surface area contributed by atoms with Crippen molar-refractivity contribution in [1.82, 2.24) is 5.32 Å². The van der Waals surface area contributed by atoms with Gasteiger partial charge in [-0.3, -0.25) is 14.4 Å². The average Bonchev–Trinajstić information content (AvgIpc) is 2.70. The number of carbonyl (C=O) groups is 3. The fourth-order valence-electron chi connectivity index (χ4n) is 2.44. The van der Waals surface area contributed by atoms with Crippen LogP contribution in [0.4, 0.5) is 0 Å². The highest BCUT2D eigenvalue weighted by Gasteiger charge is 2.44. The van der Waals surface area contributed by atoms with Crippen LogP contribution in [0.2, 0.25) is 0 Å². The summed E-state index contributed by atoms with van der Waals surface area (Å²) in [6.07, 6.45) is -4.93. The number of carboxylic acids is 2. The SMILES string of the molecule is CC(CN[C@@H](C)C(=O)O)O[C@@H]1[C@@H](N)[C@@H](O)O[C@H](CO)[C@H]1O.NC(=O)[C@H](N)CCC(=O)O. The number of hydrogen-bond donors (Lipinski definition) is 9. The molecule has 0 radical (unpaired) electrons. The van der Waals surface area contributed by atoms with Crippen molar-refractivity contribution >= 4 is 17.8 Å². The first-order valence-corrected chi connectivity index (χ1v) is 9.58. The lowest BCUT2D eigenvalue weighted by Gasteiger charge is -2.41. The van der Waals surface area contributed by atoms with E-state index in [1.54, 1.807) is 6.92 Å². The molecule has 0 aromatic heterocycles. The van der Waals surface area contributed by atoms with Gasteiger partial charge in [0.15, 0.2) is 6.29 Å². The number of aliphatic hydroxyl groups excluding tert-OH is 3. The van der Waals surface area contributed by atoms with Gasteiger partial charge in [0.25, 0.3) is 0 Å². The number of aliphatic hydroxyl groups is 3. The number of rotatable bonds is 11. The minimum absolute atomic E-state index is 0.102. The van der Waals surface area contributed by atoms with Gasteiger partial charge >= 0.3 is 11.9 Å². The molecule has 14 heteroatoms. The fraction of sp³-hybridized carbons (Fsp3) is 0.824. The summed E-state index contributed by atoms with van der Waals surface area (Å²) in [7, 11) is 0. The van der Waals surface area contributed by atoms with Crippen molar-refractivity contribution in [2.24, 2.45) is 17.2 Å². The Morgan fingerprint density at radius 1 is 1.19 bits per heavy atom. The van der Waals surface area contributed by atoms with Gasteiger partial charge in [-0.2, -0.15) is 0 Å². The lowest BCUT2D eigenvalue weighted by atomic mass is 9.97. The van der Waals surface area contributed by atoms with E-state index in [2.05, 4.69) is 5.32 Å². The molecule has 0 saturated carbocycles. The number of aliphatic carboxylic acids is 2. The van der Waals surface area contributed by atoms with Gasteiger partial charge < -0.3 is 57.5 Å². The van der Waals surface area contributed by atoms with Crippen molar-refractivity contribution in [2.75, 3.05) is 13.2 Å². The quantitative estimate of drug-likeness (QED) is 0.144. The molecule has 0 aromatic rings. The van der Waals surface area contributed by atoms with Crippen molar-refractivity contribution in [3.05, 3.63) is 0 Å². The highest BCUT2D eigenvalue weighted by Crippen LogP contribution is 2.22. The molecule has 14 nitrogen and oxygen atoms in total. The van der Waals surface area contributed by atoms with Crippen LogP contribution >= 0.6 is 0 Å². The lowest BCUT2D eigenvalue weighted by Crippen LogP contribution is -2.63. The third kappa shape index (κ3) is 10.8. The number of carbonyl (C=O) groups excluding carboxylic acids is 1. The van der Waals surface area contributed by atoms with Crippen molar-refractivity contribution < 1.29 is 49.4 Å². The van der Waals surface area contributed by atoms with Gasteiger partial charge in [-0.25, -0.2) is 0 Å². The Kier molecular flexibility index (Phi) is 13.3. The van der Waals surface area contributed by atoms with Gasteiger partial charge in [0, 0.05) is 13.0 Å². The van der Waals surface area contributed by atoms with E-state index >= 15 is 0 Å². The minimum atomic E-state index is -1.35. The second-order valence-corrected chi connectivity index (χ2v) is 7.14. The zero-order valence-electron chi connectivity index (χ0n) is 17.5. The topological polar surface area (TPSA) is 261 Å². The maximum atomic E-state index is 10.7. The third-order valence-corrected chi connectivity index (χ3v) is 4.43. The molecule has 1 saturated heterocycles. The summed E-state index contributed by atoms with van der Waals surface area (Å²) in [5.41, 5.74) is 15.6. The van der Waals surface area contributed by atoms with Gasteiger partial charge in [-0.15, -0.1) is 0 Å². The summed E-state index contributed by atoms with van der Waals surface area (Å²) in [6.45, 7) is 2.92. The molecule has 12 N–H and O–H groups in total. The number of hydrogen-bond acceptors (Lipinski definition) is 11. The number of ether oxygens (including phenoxy) is 2. The molecule has 1 rings (SSSR count). The van der Waals surface area contributed by atoms with Gasteiger partial charge in [-0.1, -0.05) is 0 Å². The second-order valence-electron chi connectivity index (χ2n) is 7.14. The van der Waals surface area contributed by atoms with Crippen LogP contribution in [0.1, 0.15) is 26.7 Å². The zero-order valence-corrected chi connectivity index (χ0v) is 17.5. The number of carboxylic acid groups (broad SMARTS) is 2. The van der Waals surface area contributed by atoms with Crippen LogP contribution < -0.4 is 22.5 Å². The first-order valence-electron chi connectivity index (χ1n) is 9.58. The van der Waals surface area contributed by atoms with Crippen molar-refractivity contribution in [2.45, 2.75) is 75.5 Å². The molecule has 1 aliphatic heterocycles. The van der Waals surface area contributed by atoms with Crippen LogP contribution in [0, 0.1) is 0 Å². The Labute approximate surface area is 179 Å².